The minimum atomic E-state index is -0.371. The van der Waals surface area contributed by atoms with Crippen LogP contribution in [0.4, 0.5) is 5.69 Å². The van der Waals surface area contributed by atoms with Gasteiger partial charge in [0.15, 0.2) is 0 Å². The van der Waals surface area contributed by atoms with Crippen LogP contribution in [0.1, 0.15) is 30.1 Å². The minimum absolute atomic E-state index is 0.0998. The van der Waals surface area contributed by atoms with Crippen molar-refractivity contribution in [2.24, 2.45) is 0 Å². The molecule has 1 aliphatic rings. The molecule has 1 saturated carbocycles. The highest BCUT2D eigenvalue weighted by Gasteiger charge is 2.27. The minimum Gasteiger partial charge on any atom is -0.262 e. The van der Waals surface area contributed by atoms with Crippen molar-refractivity contribution in [3.05, 3.63) is 39.7 Å². The highest BCUT2D eigenvalue weighted by atomic mass is 32.2. The summed E-state index contributed by atoms with van der Waals surface area (Å²) in [5, 5.41) is 18.6. The molecule has 0 spiro atoms. The molecule has 0 saturated heterocycles. The molecule has 1 N–H and O–H groups in total. The van der Waals surface area contributed by atoms with Crippen molar-refractivity contribution in [1.29, 1.82) is 0 Å². The maximum absolute atomic E-state index is 11.0. The van der Waals surface area contributed by atoms with E-state index in [1.54, 1.807) is 12.1 Å². The van der Waals surface area contributed by atoms with Gasteiger partial charge in [0.2, 0.25) is 5.16 Å². The van der Waals surface area contributed by atoms with Gasteiger partial charge < -0.3 is 0 Å². The summed E-state index contributed by atoms with van der Waals surface area (Å²) in [6.07, 6.45) is 2.29. The van der Waals surface area contributed by atoms with Crippen LogP contribution in [0.3, 0.4) is 0 Å². The van der Waals surface area contributed by atoms with E-state index in [1.165, 1.54) is 11.8 Å². The fourth-order valence-corrected chi connectivity index (χ4v) is 2.60. The largest absolute Gasteiger partial charge is 0.283 e. The zero-order valence-electron chi connectivity index (χ0n) is 10.3. The van der Waals surface area contributed by atoms with Crippen molar-refractivity contribution in [2.75, 3.05) is 0 Å². The number of H-pyrrole nitrogens is 1. The topological polar surface area (TPSA) is 84.7 Å². The third-order valence-corrected chi connectivity index (χ3v) is 3.89. The molecule has 0 bridgehead atoms. The summed E-state index contributed by atoms with van der Waals surface area (Å²) in [5.74, 6) is 1.38. The van der Waals surface area contributed by atoms with Gasteiger partial charge in [-0.05, 0) is 43.2 Å². The molecule has 1 aromatic carbocycles. The van der Waals surface area contributed by atoms with E-state index in [2.05, 4.69) is 15.2 Å². The maximum atomic E-state index is 11.0. The third-order valence-electron chi connectivity index (χ3n) is 2.96. The van der Waals surface area contributed by atoms with Crippen molar-refractivity contribution < 1.29 is 4.92 Å². The van der Waals surface area contributed by atoms with E-state index in [1.807, 2.05) is 13.0 Å². The van der Waals surface area contributed by atoms with E-state index in [0.717, 1.165) is 24.2 Å². The first-order chi connectivity index (χ1) is 9.13. The fraction of sp³-hybridized carbons (Fsp3) is 0.333. The smallest absolute Gasteiger partial charge is 0.262 e. The Hall–Kier alpha value is -1.89. The molecule has 1 aliphatic carbocycles. The van der Waals surface area contributed by atoms with Crippen molar-refractivity contribution in [3.8, 4) is 0 Å². The van der Waals surface area contributed by atoms with Gasteiger partial charge >= 0.3 is 0 Å². The van der Waals surface area contributed by atoms with E-state index < -0.39 is 0 Å². The van der Waals surface area contributed by atoms with Gasteiger partial charge in [-0.25, -0.2) is 4.98 Å². The van der Waals surface area contributed by atoms with Crippen LogP contribution in [-0.4, -0.2) is 20.1 Å². The zero-order valence-corrected chi connectivity index (χ0v) is 11.1. The van der Waals surface area contributed by atoms with Crippen molar-refractivity contribution in [2.45, 2.75) is 35.7 Å². The summed E-state index contributed by atoms with van der Waals surface area (Å²) in [7, 11) is 0. The number of benzene rings is 1. The molecule has 1 heterocycles. The molecule has 7 heteroatoms. The Kier molecular flexibility index (Phi) is 2.98. The van der Waals surface area contributed by atoms with Gasteiger partial charge in [0, 0.05) is 12.0 Å². The van der Waals surface area contributed by atoms with Gasteiger partial charge in [-0.1, -0.05) is 6.07 Å². The van der Waals surface area contributed by atoms with Gasteiger partial charge in [-0.2, -0.15) is 0 Å². The maximum Gasteiger partial charge on any atom is 0.283 e. The number of nitro groups is 1. The first kappa shape index (κ1) is 12.2. The number of nitro benzene ring substituents is 1. The Bertz CT molecular complexity index is 636. The SMILES string of the molecule is Cc1ccc(Sc2n[nH]c(C3CC3)n2)c([N+](=O)[O-])c1. The van der Waals surface area contributed by atoms with Gasteiger partial charge in [0.1, 0.15) is 5.82 Å². The van der Waals surface area contributed by atoms with Crippen molar-refractivity contribution in [1.82, 2.24) is 15.2 Å². The molecular weight excluding hydrogens is 264 g/mol. The number of hydrogen-bond donors (Lipinski definition) is 1. The van der Waals surface area contributed by atoms with Gasteiger partial charge in [0.25, 0.3) is 5.69 Å². The Labute approximate surface area is 113 Å². The van der Waals surface area contributed by atoms with E-state index in [4.69, 9.17) is 0 Å². The van der Waals surface area contributed by atoms with E-state index in [0.29, 0.717) is 16.0 Å². The number of hydrogen-bond acceptors (Lipinski definition) is 5. The first-order valence-corrected chi connectivity index (χ1v) is 6.80. The van der Waals surface area contributed by atoms with Crippen LogP contribution in [0.15, 0.2) is 28.3 Å². The number of nitrogens with one attached hydrogen (secondary N) is 1. The van der Waals surface area contributed by atoms with Gasteiger partial charge in [-0.15, -0.1) is 5.10 Å². The Morgan fingerprint density at radius 1 is 1.47 bits per heavy atom. The quantitative estimate of drug-likeness (QED) is 0.685. The molecule has 6 nitrogen and oxygen atoms in total. The number of aryl methyl sites for hydroxylation is 1. The molecule has 19 heavy (non-hydrogen) atoms. The lowest BCUT2D eigenvalue weighted by atomic mass is 10.2. The van der Waals surface area contributed by atoms with Crippen LogP contribution < -0.4 is 0 Å². The van der Waals surface area contributed by atoms with Crippen LogP contribution in [0.25, 0.3) is 0 Å². The molecule has 3 rings (SSSR count). The summed E-state index contributed by atoms with van der Waals surface area (Å²) < 4.78 is 0. The molecule has 0 amide bonds. The lowest BCUT2D eigenvalue weighted by molar-refractivity contribution is -0.387. The fourth-order valence-electron chi connectivity index (χ4n) is 1.80. The zero-order chi connectivity index (χ0) is 13.4. The summed E-state index contributed by atoms with van der Waals surface area (Å²) in [4.78, 5) is 15.6. The average molecular weight is 276 g/mol. The van der Waals surface area contributed by atoms with Gasteiger partial charge in [-0.3, -0.25) is 15.2 Å². The predicted molar refractivity (Wildman–Crippen MR) is 70.3 cm³/mol. The van der Waals surface area contributed by atoms with Crippen LogP contribution >= 0.6 is 11.8 Å². The predicted octanol–water partition coefficient (Wildman–Crippen LogP) is 3.05. The Morgan fingerprint density at radius 3 is 2.95 bits per heavy atom. The highest BCUT2D eigenvalue weighted by Crippen LogP contribution is 2.39. The second-order valence-corrected chi connectivity index (χ2v) is 5.62. The van der Waals surface area contributed by atoms with Crippen molar-refractivity contribution >= 4 is 17.4 Å². The monoisotopic (exact) mass is 276 g/mol. The van der Waals surface area contributed by atoms with E-state index >= 15 is 0 Å². The van der Waals surface area contributed by atoms with Crippen LogP contribution in [0.2, 0.25) is 0 Å². The molecule has 0 unspecified atom stereocenters. The molecular formula is C12H12N4O2S. The molecule has 1 fully saturated rings. The van der Waals surface area contributed by atoms with E-state index in [-0.39, 0.29) is 10.6 Å². The molecule has 1 aromatic heterocycles. The highest BCUT2D eigenvalue weighted by molar-refractivity contribution is 7.99. The number of aromatic nitrogens is 3. The standard InChI is InChI=1S/C12H12N4O2S/c1-7-2-5-10(9(6-7)16(17)18)19-12-13-11(14-15-12)8-3-4-8/h2,5-6,8H,3-4H2,1H3,(H,13,14,15). The summed E-state index contributed by atoms with van der Waals surface area (Å²) in [6, 6.07) is 5.16. The lowest BCUT2D eigenvalue weighted by Gasteiger charge is -2.00. The molecule has 0 atom stereocenters. The molecule has 0 aliphatic heterocycles. The second-order valence-electron chi connectivity index (χ2n) is 4.61. The molecule has 0 radical (unpaired) electrons. The lowest BCUT2D eigenvalue weighted by Crippen LogP contribution is -1.92. The van der Waals surface area contributed by atoms with Crippen molar-refractivity contribution in [3.63, 3.8) is 0 Å². The molecule has 98 valence electrons. The number of nitrogens with zero attached hydrogens (tertiary/aromatic N) is 3. The third kappa shape index (κ3) is 2.60. The summed E-state index contributed by atoms with van der Waals surface area (Å²) in [6.45, 7) is 1.83. The summed E-state index contributed by atoms with van der Waals surface area (Å²) in [5.41, 5.74) is 0.965. The molecule has 2 aromatic rings. The Morgan fingerprint density at radius 2 is 2.26 bits per heavy atom. The second kappa shape index (κ2) is 4.65. The van der Waals surface area contributed by atoms with Crippen LogP contribution in [0.5, 0.6) is 0 Å². The first-order valence-electron chi connectivity index (χ1n) is 5.98. The van der Waals surface area contributed by atoms with E-state index in [9.17, 15) is 10.1 Å². The van der Waals surface area contributed by atoms with Gasteiger partial charge in [0.05, 0.1) is 9.82 Å². The average Bonchev–Trinajstić information content (AvgIpc) is 3.12. The summed E-state index contributed by atoms with van der Waals surface area (Å²) >= 11 is 1.22. The Balaban J connectivity index is 1.87. The number of aromatic amines is 1. The van der Waals surface area contributed by atoms with Crippen LogP contribution in [0, 0.1) is 17.0 Å². The normalized spacial score (nSPS) is 14.6. The number of rotatable bonds is 4. The van der Waals surface area contributed by atoms with Crippen LogP contribution in [-0.2, 0) is 0 Å².